The summed E-state index contributed by atoms with van der Waals surface area (Å²) in [5.41, 5.74) is 5.17. The van der Waals surface area contributed by atoms with Gasteiger partial charge in [-0.25, -0.2) is 9.97 Å². The van der Waals surface area contributed by atoms with Gasteiger partial charge in [0.2, 0.25) is 0 Å². The number of para-hydroxylation sites is 2. The van der Waals surface area contributed by atoms with Crippen LogP contribution in [0, 0.1) is 0 Å². The molecule has 0 radical (unpaired) electrons. The number of rotatable bonds is 2. The van der Waals surface area contributed by atoms with E-state index >= 15 is 0 Å². The molecule has 0 saturated carbocycles. The number of fused-ring (bicyclic) bond motifs is 4. The van der Waals surface area contributed by atoms with Crippen LogP contribution in [-0.2, 0) is 0 Å². The van der Waals surface area contributed by atoms with E-state index in [4.69, 9.17) is 9.97 Å². The maximum absolute atomic E-state index is 5.03. The molecule has 0 aliphatic carbocycles. The van der Waals surface area contributed by atoms with Crippen LogP contribution in [-0.4, -0.2) is 9.97 Å². The highest BCUT2D eigenvalue weighted by Gasteiger charge is 2.17. The summed E-state index contributed by atoms with van der Waals surface area (Å²) in [6.45, 7) is 4.38. The Bertz CT molecular complexity index is 1270. The molecule has 3 aromatic carbocycles. The van der Waals surface area contributed by atoms with E-state index in [0.717, 1.165) is 22.4 Å². The van der Waals surface area contributed by atoms with Gasteiger partial charge in [0.05, 0.1) is 22.4 Å². The molecule has 5 aromatic rings. The number of benzene rings is 3. The summed E-state index contributed by atoms with van der Waals surface area (Å²) in [6.07, 6.45) is 0. The van der Waals surface area contributed by atoms with Crippen molar-refractivity contribution in [2.24, 2.45) is 0 Å². The minimum atomic E-state index is 0.312. The zero-order valence-corrected chi connectivity index (χ0v) is 15.5. The topological polar surface area (TPSA) is 25.8 Å². The lowest BCUT2D eigenvalue weighted by Crippen LogP contribution is -2.01. The SMILES string of the molecule is CC(C)c1nc2ccccc2nc1-c1cccc2c1sc1ccccc12. The summed E-state index contributed by atoms with van der Waals surface area (Å²) in [7, 11) is 0. The van der Waals surface area contributed by atoms with Crippen LogP contribution in [0.1, 0.15) is 25.5 Å². The van der Waals surface area contributed by atoms with Crippen molar-refractivity contribution in [3.8, 4) is 11.3 Å². The van der Waals surface area contributed by atoms with E-state index in [2.05, 4.69) is 56.3 Å². The average molecular weight is 354 g/mol. The molecular formula is C23H18N2S. The molecule has 26 heavy (non-hydrogen) atoms. The first-order valence-corrected chi connectivity index (χ1v) is 9.71. The van der Waals surface area contributed by atoms with Gasteiger partial charge < -0.3 is 0 Å². The van der Waals surface area contributed by atoms with Gasteiger partial charge in [-0.2, -0.15) is 0 Å². The molecule has 0 aliphatic heterocycles. The number of hydrogen-bond acceptors (Lipinski definition) is 3. The summed E-state index contributed by atoms with van der Waals surface area (Å²) in [5.74, 6) is 0.312. The first kappa shape index (κ1) is 15.5. The van der Waals surface area contributed by atoms with Crippen LogP contribution in [0.4, 0.5) is 0 Å². The summed E-state index contributed by atoms with van der Waals surface area (Å²) in [6, 6.07) is 23.3. The summed E-state index contributed by atoms with van der Waals surface area (Å²) in [4.78, 5) is 9.99. The van der Waals surface area contributed by atoms with Crippen molar-refractivity contribution in [1.82, 2.24) is 9.97 Å². The Labute approximate surface area is 156 Å². The van der Waals surface area contributed by atoms with Crippen LogP contribution in [0.5, 0.6) is 0 Å². The normalized spacial score (nSPS) is 11.8. The lowest BCUT2D eigenvalue weighted by atomic mass is 10.00. The molecule has 2 aromatic heterocycles. The van der Waals surface area contributed by atoms with Crippen molar-refractivity contribution in [2.45, 2.75) is 19.8 Å². The summed E-state index contributed by atoms with van der Waals surface area (Å²) in [5, 5.41) is 2.61. The fourth-order valence-corrected chi connectivity index (χ4v) is 4.77. The van der Waals surface area contributed by atoms with Gasteiger partial charge in [-0.3, -0.25) is 0 Å². The van der Waals surface area contributed by atoms with Crippen LogP contribution in [0.2, 0.25) is 0 Å². The summed E-state index contributed by atoms with van der Waals surface area (Å²) >= 11 is 1.84. The molecule has 0 saturated heterocycles. The molecular weight excluding hydrogens is 336 g/mol. The molecule has 0 fully saturated rings. The maximum Gasteiger partial charge on any atom is 0.0942 e. The molecule has 0 N–H and O–H groups in total. The second-order valence-corrected chi connectivity index (χ2v) is 7.93. The fraction of sp³-hybridized carbons (Fsp3) is 0.130. The molecule has 3 heteroatoms. The first-order chi connectivity index (χ1) is 12.7. The largest absolute Gasteiger partial charge is 0.249 e. The average Bonchev–Trinajstić information content (AvgIpc) is 3.05. The number of nitrogens with zero attached hydrogens (tertiary/aromatic N) is 2. The molecule has 5 rings (SSSR count). The third-order valence-corrected chi connectivity index (χ3v) is 6.02. The predicted octanol–water partition coefficient (Wildman–Crippen LogP) is 6.79. The van der Waals surface area contributed by atoms with Gasteiger partial charge in [-0.05, 0) is 24.1 Å². The highest BCUT2D eigenvalue weighted by atomic mass is 32.1. The second-order valence-electron chi connectivity index (χ2n) is 6.88. The zero-order chi connectivity index (χ0) is 17.7. The molecule has 0 amide bonds. The summed E-state index contributed by atoms with van der Waals surface area (Å²) < 4.78 is 2.61. The highest BCUT2D eigenvalue weighted by molar-refractivity contribution is 7.26. The Morgan fingerprint density at radius 1 is 0.731 bits per heavy atom. The minimum absolute atomic E-state index is 0.312. The van der Waals surface area contributed by atoms with Gasteiger partial charge in [-0.1, -0.05) is 62.4 Å². The maximum atomic E-state index is 5.03. The van der Waals surface area contributed by atoms with Gasteiger partial charge in [0.1, 0.15) is 0 Å². The zero-order valence-electron chi connectivity index (χ0n) is 14.7. The van der Waals surface area contributed by atoms with Crippen LogP contribution >= 0.6 is 11.3 Å². The van der Waals surface area contributed by atoms with Crippen LogP contribution in [0.15, 0.2) is 66.7 Å². The third kappa shape index (κ3) is 2.31. The van der Waals surface area contributed by atoms with E-state index in [-0.39, 0.29) is 0 Å². The van der Waals surface area contributed by atoms with Crippen molar-refractivity contribution < 1.29 is 0 Å². The molecule has 2 heterocycles. The van der Waals surface area contributed by atoms with E-state index in [1.807, 2.05) is 35.6 Å². The van der Waals surface area contributed by atoms with Crippen LogP contribution in [0.25, 0.3) is 42.5 Å². The first-order valence-electron chi connectivity index (χ1n) is 8.89. The highest BCUT2D eigenvalue weighted by Crippen LogP contribution is 2.41. The third-order valence-electron chi connectivity index (χ3n) is 4.80. The molecule has 0 bridgehead atoms. The van der Waals surface area contributed by atoms with Crippen LogP contribution in [0.3, 0.4) is 0 Å². The molecule has 0 aliphatic rings. The van der Waals surface area contributed by atoms with Gasteiger partial charge in [0, 0.05) is 25.7 Å². The van der Waals surface area contributed by atoms with Gasteiger partial charge in [0.15, 0.2) is 0 Å². The quantitative estimate of drug-likeness (QED) is 0.349. The van der Waals surface area contributed by atoms with E-state index in [0.29, 0.717) is 5.92 Å². The Hall–Kier alpha value is -2.78. The van der Waals surface area contributed by atoms with E-state index in [1.165, 1.54) is 25.7 Å². The molecule has 0 atom stereocenters. The van der Waals surface area contributed by atoms with Gasteiger partial charge in [-0.15, -0.1) is 11.3 Å². The van der Waals surface area contributed by atoms with Crippen molar-refractivity contribution in [2.75, 3.05) is 0 Å². The Balaban J connectivity index is 1.89. The lowest BCUT2D eigenvalue weighted by molar-refractivity contribution is 0.826. The molecule has 2 nitrogen and oxygen atoms in total. The van der Waals surface area contributed by atoms with Crippen molar-refractivity contribution in [3.05, 3.63) is 72.4 Å². The van der Waals surface area contributed by atoms with E-state index < -0.39 is 0 Å². The molecule has 126 valence electrons. The van der Waals surface area contributed by atoms with E-state index in [9.17, 15) is 0 Å². The van der Waals surface area contributed by atoms with Gasteiger partial charge in [0.25, 0.3) is 0 Å². The Morgan fingerprint density at radius 2 is 1.42 bits per heavy atom. The number of hydrogen-bond donors (Lipinski definition) is 0. The number of aromatic nitrogens is 2. The lowest BCUT2D eigenvalue weighted by Gasteiger charge is -2.13. The Kier molecular flexibility index (Phi) is 3.50. The van der Waals surface area contributed by atoms with Crippen molar-refractivity contribution in [1.29, 1.82) is 0 Å². The standard InChI is InChI=1S/C23H18N2S/c1-14(2)21-22(25-19-12-5-4-11-18(19)24-21)17-10-7-9-16-15-8-3-6-13-20(15)26-23(16)17/h3-14H,1-2H3. The number of thiophene rings is 1. The van der Waals surface area contributed by atoms with Crippen molar-refractivity contribution in [3.63, 3.8) is 0 Å². The smallest absolute Gasteiger partial charge is 0.0942 e. The predicted molar refractivity (Wildman–Crippen MR) is 112 cm³/mol. The van der Waals surface area contributed by atoms with E-state index in [1.54, 1.807) is 0 Å². The Morgan fingerprint density at radius 3 is 2.23 bits per heavy atom. The minimum Gasteiger partial charge on any atom is -0.249 e. The van der Waals surface area contributed by atoms with Crippen molar-refractivity contribution >= 4 is 42.5 Å². The fourth-order valence-electron chi connectivity index (χ4n) is 3.55. The monoisotopic (exact) mass is 354 g/mol. The molecule has 0 unspecified atom stereocenters. The second kappa shape index (κ2) is 5.89. The van der Waals surface area contributed by atoms with Crippen LogP contribution < -0.4 is 0 Å². The van der Waals surface area contributed by atoms with Gasteiger partial charge >= 0.3 is 0 Å². The molecule has 0 spiro atoms.